The van der Waals surface area contributed by atoms with Gasteiger partial charge in [0.2, 0.25) is 0 Å². The number of anilines is 1. The molecule has 0 unspecified atom stereocenters. The molecule has 5 aromatic rings. The first-order valence-corrected chi connectivity index (χ1v) is 10.5. The molecule has 0 radical (unpaired) electrons. The van der Waals surface area contributed by atoms with E-state index in [1.165, 1.54) is 4.57 Å². The highest BCUT2D eigenvalue weighted by molar-refractivity contribution is 7.71. The van der Waals surface area contributed by atoms with Crippen molar-refractivity contribution in [3.05, 3.63) is 100 Å². The summed E-state index contributed by atoms with van der Waals surface area (Å²) in [6.45, 7) is 0. The van der Waals surface area contributed by atoms with Crippen molar-refractivity contribution in [1.82, 2.24) is 14.3 Å². The maximum absolute atomic E-state index is 13.7. The maximum Gasteiger partial charge on any atom is 0.272 e. The number of rotatable bonds is 4. The summed E-state index contributed by atoms with van der Waals surface area (Å²) >= 11 is 5.78. The van der Waals surface area contributed by atoms with Crippen LogP contribution >= 0.6 is 12.2 Å². The Morgan fingerprint density at radius 1 is 0.812 bits per heavy atom. The smallest absolute Gasteiger partial charge is 0.272 e. The Morgan fingerprint density at radius 2 is 1.38 bits per heavy atom. The van der Waals surface area contributed by atoms with Crippen LogP contribution in [0, 0.1) is 4.77 Å². The van der Waals surface area contributed by atoms with Gasteiger partial charge in [-0.3, -0.25) is 13.9 Å². The van der Waals surface area contributed by atoms with Crippen molar-refractivity contribution in [3.8, 4) is 22.7 Å². The first-order valence-electron chi connectivity index (χ1n) is 10.1. The van der Waals surface area contributed by atoms with Gasteiger partial charge in [-0.1, -0.05) is 41.6 Å². The van der Waals surface area contributed by atoms with Gasteiger partial charge < -0.3 is 9.42 Å². The molecule has 158 valence electrons. The van der Waals surface area contributed by atoms with E-state index in [-0.39, 0.29) is 5.56 Å². The van der Waals surface area contributed by atoms with E-state index in [2.05, 4.69) is 5.16 Å². The largest absolute Gasteiger partial charge is 0.378 e. The lowest BCUT2D eigenvalue weighted by Crippen LogP contribution is -2.23. The van der Waals surface area contributed by atoms with Crippen molar-refractivity contribution in [3.63, 3.8) is 0 Å². The van der Waals surface area contributed by atoms with E-state index in [9.17, 15) is 4.79 Å². The summed E-state index contributed by atoms with van der Waals surface area (Å²) in [5.41, 5.74) is 3.43. The molecule has 0 aliphatic rings. The highest BCUT2D eigenvalue weighted by Crippen LogP contribution is 2.30. The second-order valence-electron chi connectivity index (χ2n) is 7.58. The Bertz CT molecular complexity index is 1520. The Balaban J connectivity index is 1.87. The van der Waals surface area contributed by atoms with Crippen molar-refractivity contribution in [2.75, 3.05) is 19.0 Å². The summed E-state index contributed by atoms with van der Waals surface area (Å²) < 4.78 is 9.37. The minimum absolute atomic E-state index is 0.267. The van der Waals surface area contributed by atoms with E-state index >= 15 is 0 Å². The van der Waals surface area contributed by atoms with E-state index in [4.69, 9.17) is 16.7 Å². The molecule has 3 aromatic carbocycles. The van der Waals surface area contributed by atoms with E-state index in [0.717, 1.165) is 16.9 Å². The molecule has 0 aliphatic carbocycles. The number of fused-ring (bicyclic) bond motifs is 1. The highest BCUT2D eigenvalue weighted by atomic mass is 32.1. The molecule has 0 atom stereocenters. The molecule has 0 fully saturated rings. The van der Waals surface area contributed by atoms with Gasteiger partial charge in [0.1, 0.15) is 5.39 Å². The SMILES string of the molecule is CN(C)c1ccc(-c2onc3c2c(=O)n(-c2ccccc2)c(=S)n3-c2ccccc2)cc1. The molecule has 0 N–H and O–H groups in total. The van der Waals surface area contributed by atoms with Crippen molar-refractivity contribution < 1.29 is 4.52 Å². The molecular formula is C25H20N4O2S. The van der Waals surface area contributed by atoms with Crippen molar-refractivity contribution >= 4 is 28.9 Å². The van der Waals surface area contributed by atoms with Gasteiger partial charge in [-0.25, -0.2) is 0 Å². The van der Waals surface area contributed by atoms with Crippen molar-refractivity contribution in [2.45, 2.75) is 0 Å². The quantitative estimate of drug-likeness (QED) is 0.358. The van der Waals surface area contributed by atoms with Gasteiger partial charge in [-0.15, -0.1) is 0 Å². The van der Waals surface area contributed by atoms with Crippen LogP contribution in [0.2, 0.25) is 0 Å². The molecule has 0 amide bonds. The van der Waals surface area contributed by atoms with E-state index < -0.39 is 0 Å². The molecule has 0 saturated heterocycles. The molecule has 5 rings (SSSR count). The summed E-state index contributed by atoms with van der Waals surface area (Å²) in [5.74, 6) is 0.416. The van der Waals surface area contributed by atoms with Gasteiger partial charge in [0, 0.05) is 31.0 Å². The van der Waals surface area contributed by atoms with Gasteiger partial charge in [-0.05, 0) is 60.7 Å². The minimum Gasteiger partial charge on any atom is -0.378 e. The van der Waals surface area contributed by atoms with Gasteiger partial charge in [-0.2, -0.15) is 0 Å². The topological polar surface area (TPSA) is 56.2 Å². The van der Waals surface area contributed by atoms with Crippen LogP contribution in [0.5, 0.6) is 0 Å². The summed E-state index contributed by atoms with van der Waals surface area (Å²) in [7, 11) is 3.95. The zero-order chi connectivity index (χ0) is 22.2. The minimum atomic E-state index is -0.267. The molecule has 0 saturated carbocycles. The fraction of sp³-hybridized carbons (Fsp3) is 0.0800. The van der Waals surface area contributed by atoms with Gasteiger partial charge in [0.05, 0.1) is 5.69 Å². The summed E-state index contributed by atoms with van der Waals surface area (Å²) in [6, 6.07) is 26.8. The third-order valence-corrected chi connectivity index (χ3v) is 5.73. The fourth-order valence-corrected chi connectivity index (χ4v) is 4.12. The van der Waals surface area contributed by atoms with Crippen LogP contribution in [0.1, 0.15) is 0 Å². The Labute approximate surface area is 189 Å². The van der Waals surface area contributed by atoms with Crippen LogP contribution in [0.3, 0.4) is 0 Å². The number of hydrogen-bond acceptors (Lipinski definition) is 5. The summed E-state index contributed by atoms with van der Waals surface area (Å²) in [5, 5.41) is 4.66. The zero-order valence-electron chi connectivity index (χ0n) is 17.6. The molecule has 6 nitrogen and oxygen atoms in total. The van der Waals surface area contributed by atoms with Crippen LogP contribution in [0.4, 0.5) is 5.69 Å². The van der Waals surface area contributed by atoms with Crippen LogP contribution < -0.4 is 10.5 Å². The van der Waals surface area contributed by atoms with Crippen LogP contribution in [-0.4, -0.2) is 28.4 Å². The molecular weight excluding hydrogens is 420 g/mol. The fourth-order valence-electron chi connectivity index (χ4n) is 3.74. The normalized spacial score (nSPS) is 11.1. The predicted octanol–water partition coefficient (Wildman–Crippen LogP) is 5.23. The second kappa shape index (κ2) is 7.94. The first kappa shape index (κ1) is 20.0. The average Bonchev–Trinajstić information content (AvgIpc) is 3.26. The molecule has 2 aromatic heterocycles. The zero-order valence-corrected chi connectivity index (χ0v) is 18.4. The number of benzene rings is 3. The number of para-hydroxylation sites is 2. The monoisotopic (exact) mass is 440 g/mol. The first-order chi connectivity index (χ1) is 15.6. The molecule has 2 heterocycles. The average molecular weight is 441 g/mol. The van der Waals surface area contributed by atoms with Gasteiger partial charge in [0.15, 0.2) is 16.2 Å². The molecule has 32 heavy (non-hydrogen) atoms. The molecule has 0 spiro atoms. The lowest BCUT2D eigenvalue weighted by atomic mass is 10.1. The van der Waals surface area contributed by atoms with E-state index in [1.807, 2.05) is 104 Å². The van der Waals surface area contributed by atoms with Gasteiger partial charge >= 0.3 is 0 Å². The van der Waals surface area contributed by atoms with Crippen LogP contribution in [0.15, 0.2) is 94.2 Å². The molecule has 0 aliphatic heterocycles. The van der Waals surface area contributed by atoms with E-state index in [0.29, 0.717) is 27.3 Å². The van der Waals surface area contributed by atoms with Crippen molar-refractivity contribution in [1.29, 1.82) is 0 Å². The predicted molar refractivity (Wildman–Crippen MR) is 130 cm³/mol. The van der Waals surface area contributed by atoms with E-state index in [1.54, 1.807) is 4.57 Å². The Morgan fingerprint density at radius 3 is 1.94 bits per heavy atom. The lowest BCUT2D eigenvalue weighted by molar-refractivity contribution is 0.438. The lowest BCUT2D eigenvalue weighted by Gasteiger charge is -2.14. The number of aromatic nitrogens is 3. The number of nitrogens with zero attached hydrogens (tertiary/aromatic N) is 4. The number of hydrogen-bond donors (Lipinski definition) is 0. The second-order valence-corrected chi connectivity index (χ2v) is 7.95. The summed E-state index contributed by atoms with van der Waals surface area (Å²) in [4.78, 5) is 15.7. The Hall–Kier alpha value is -3.97. The summed E-state index contributed by atoms with van der Waals surface area (Å²) in [6.07, 6.45) is 0. The third-order valence-electron chi connectivity index (χ3n) is 5.36. The highest BCUT2D eigenvalue weighted by Gasteiger charge is 2.22. The molecule has 0 bridgehead atoms. The third kappa shape index (κ3) is 3.23. The Kier molecular flexibility index (Phi) is 4.95. The van der Waals surface area contributed by atoms with Gasteiger partial charge in [0.25, 0.3) is 5.56 Å². The van der Waals surface area contributed by atoms with Crippen LogP contribution in [0.25, 0.3) is 33.7 Å². The standard InChI is InChI=1S/C25H20N4O2S/c1-27(2)18-15-13-17(14-16-18)22-21-23(26-31-22)28(19-9-5-3-6-10-19)25(32)29(24(21)30)20-11-7-4-8-12-20/h3-16H,1-2H3. The van der Waals surface area contributed by atoms with Crippen molar-refractivity contribution in [2.24, 2.45) is 0 Å². The molecule has 7 heteroatoms. The van der Waals surface area contributed by atoms with Crippen LogP contribution in [-0.2, 0) is 0 Å². The maximum atomic E-state index is 13.7.